The zero-order chi connectivity index (χ0) is 10.3. The Bertz CT molecular complexity index is 522. The molecule has 0 aliphatic heterocycles. The van der Waals surface area contributed by atoms with Gasteiger partial charge in [-0.2, -0.15) is 9.61 Å². The highest BCUT2D eigenvalue weighted by Crippen LogP contribution is 2.19. The first-order valence-corrected chi connectivity index (χ1v) is 4.41. The van der Waals surface area contributed by atoms with Crippen LogP contribution >= 0.6 is 15.9 Å². The van der Waals surface area contributed by atoms with Crippen LogP contribution in [0.5, 0.6) is 0 Å². The minimum Gasteiger partial charge on any atom is -0.477 e. The Morgan fingerprint density at radius 2 is 2.29 bits per heavy atom. The molecule has 0 aliphatic carbocycles. The number of halogens is 1. The van der Waals surface area contributed by atoms with E-state index in [2.05, 4.69) is 26.0 Å². The van der Waals surface area contributed by atoms with Crippen molar-refractivity contribution in [2.75, 3.05) is 5.73 Å². The van der Waals surface area contributed by atoms with Gasteiger partial charge in [0.15, 0.2) is 5.65 Å². The molecule has 0 saturated carbocycles. The molecule has 0 amide bonds. The van der Waals surface area contributed by atoms with Crippen LogP contribution < -0.4 is 5.73 Å². The van der Waals surface area contributed by atoms with Gasteiger partial charge in [-0.15, -0.1) is 0 Å². The van der Waals surface area contributed by atoms with Crippen molar-refractivity contribution >= 4 is 33.4 Å². The Morgan fingerprint density at radius 3 is 2.93 bits per heavy atom. The number of carboxylic acids is 1. The van der Waals surface area contributed by atoms with Crippen LogP contribution in [-0.2, 0) is 0 Å². The van der Waals surface area contributed by atoms with Gasteiger partial charge in [-0.1, -0.05) is 0 Å². The second-order valence-corrected chi connectivity index (χ2v) is 3.44. The summed E-state index contributed by atoms with van der Waals surface area (Å²) in [6, 6.07) is 0. The molecule has 0 fully saturated rings. The van der Waals surface area contributed by atoms with E-state index >= 15 is 0 Å². The smallest absolute Gasteiger partial charge is 0.341 e. The summed E-state index contributed by atoms with van der Waals surface area (Å²) in [4.78, 5) is 14.6. The lowest BCUT2D eigenvalue weighted by atomic mass is 10.3. The molecule has 2 aromatic rings. The van der Waals surface area contributed by atoms with E-state index in [9.17, 15) is 4.79 Å². The molecule has 0 aromatic carbocycles. The van der Waals surface area contributed by atoms with E-state index in [-0.39, 0.29) is 11.4 Å². The van der Waals surface area contributed by atoms with Gasteiger partial charge in [0.05, 0.1) is 10.7 Å². The molecule has 3 N–H and O–H groups in total. The lowest BCUT2D eigenvalue weighted by Crippen LogP contribution is -2.09. The number of rotatable bonds is 1. The number of nitrogens with zero attached hydrogens (tertiary/aromatic N) is 3. The molecule has 2 rings (SSSR count). The normalized spacial score (nSPS) is 10.6. The van der Waals surface area contributed by atoms with Gasteiger partial charge < -0.3 is 10.8 Å². The number of nitrogen functional groups attached to an aromatic ring is 1. The van der Waals surface area contributed by atoms with E-state index in [4.69, 9.17) is 10.8 Å². The fourth-order valence-corrected chi connectivity index (χ4v) is 1.45. The summed E-state index contributed by atoms with van der Waals surface area (Å²) in [5.74, 6) is -1.06. The van der Waals surface area contributed by atoms with E-state index in [1.807, 2.05) is 0 Å². The number of carboxylic acid groups (broad SMARTS) is 1. The van der Waals surface area contributed by atoms with Crippen LogP contribution in [0.3, 0.4) is 0 Å². The minimum absolute atomic E-state index is 0.0619. The highest BCUT2D eigenvalue weighted by Gasteiger charge is 2.13. The SMILES string of the molecule is Nc1c(C(=O)O)cnc2c(Br)cnn12. The van der Waals surface area contributed by atoms with Gasteiger partial charge in [-0.05, 0) is 15.9 Å². The van der Waals surface area contributed by atoms with Crippen molar-refractivity contribution < 1.29 is 9.90 Å². The maximum absolute atomic E-state index is 10.7. The highest BCUT2D eigenvalue weighted by atomic mass is 79.9. The fraction of sp³-hybridized carbons (Fsp3) is 0. The lowest BCUT2D eigenvalue weighted by Gasteiger charge is -2.01. The third-order valence-electron chi connectivity index (χ3n) is 1.75. The maximum atomic E-state index is 10.7. The first-order valence-electron chi connectivity index (χ1n) is 3.62. The Kier molecular flexibility index (Phi) is 1.88. The number of nitrogens with two attached hydrogens (primary N) is 1. The standard InChI is InChI=1S/C7H5BrN4O2/c8-4-2-11-12-5(9)3(7(13)14)1-10-6(4)12/h1-2H,9H2,(H,13,14). The van der Waals surface area contributed by atoms with E-state index in [0.717, 1.165) is 0 Å². The largest absolute Gasteiger partial charge is 0.477 e. The van der Waals surface area contributed by atoms with E-state index in [1.165, 1.54) is 16.9 Å². The van der Waals surface area contributed by atoms with Crippen molar-refractivity contribution in [1.29, 1.82) is 0 Å². The summed E-state index contributed by atoms with van der Waals surface area (Å²) in [6.07, 6.45) is 2.71. The molecule has 2 aromatic heterocycles. The summed E-state index contributed by atoms with van der Waals surface area (Å²) in [5.41, 5.74) is 6.02. The predicted molar refractivity (Wildman–Crippen MR) is 52.1 cm³/mol. The molecule has 2 heterocycles. The van der Waals surface area contributed by atoms with E-state index in [1.54, 1.807) is 0 Å². The quantitative estimate of drug-likeness (QED) is 0.786. The van der Waals surface area contributed by atoms with Gasteiger partial charge in [-0.3, -0.25) is 0 Å². The number of aromatic carboxylic acids is 1. The second kappa shape index (κ2) is 2.95. The first kappa shape index (κ1) is 8.95. The van der Waals surface area contributed by atoms with Gasteiger partial charge in [0, 0.05) is 6.20 Å². The van der Waals surface area contributed by atoms with Gasteiger partial charge in [-0.25, -0.2) is 9.78 Å². The fourth-order valence-electron chi connectivity index (χ4n) is 1.09. The van der Waals surface area contributed by atoms with Crippen LogP contribution in [0.15, 0.2) is 16.9 Å². The molecule has 0 saturated heterocycles. The van der Waals surface area contributed by atoms with Crippen LogP contribution in [0.1, 0.15) is 10.4 Å². The number of hydrogen-bond acceptors (Lipinski definition) is 4. The number of fused-ring (bicyclic) bond motifs is 1. The summed E-state index contributed by atoms with van der Waals surface area (Å²) in [5, 5.41) is 12.6. The number of aromatic nitrogens is 3. The van der Waals surface area contributed by atoms with Gasteiger partial charge in [0.25, 0.3) is 0 Å². The van der Waals surface area contributed by atoms with Crippen LogP contribution in [0.2, 0.25) is 0 Å². The first-order chi connectivity index (χ1) is 6.61. The molecule has 7 heteroatoms. The molecule has 6 nitrogen and oxygen atoms in total. The molecular weight excluding hydrogens is 252 g/mol. The summed E-state index contributed by atoms with van der Waals surface area (Å²) in [6.45, 7) is 0. The molecule has 0 bridgehead atoms. The summed E-state index contributed by atoms with van der Waals surface area (Å²) >= 11 is 3.21. The third kappa shape index (κ3) is 1.13. The van der Waals surface area contributed by atoms with Gasteiger partial charge >= 0.3 is 5.97 Å². The van der Waals surface area contributed by atoms with Crippen molar-refractivity contribution in [1.82, 2.24) is 14.6 Å². The highest BCUT2D eigenvalue weighted by molar-refractivity contribution is 9.10. The number of anilines is 1. The maximum Gasteiger partial charge on any atom is 0.341 e. The molecule has 14 heavy (non-hydrogen) atoms. The minimum atomic E-state index is -1.12. The van der Waals surface area contributed by atoms with E-state index < -0.39 is 5.97 Å². The lowest BCUT2D eigenvalue weighted by molar-refractivity contribution is 0.0697. The van der Waals surface area contributed by atoms with Crippen molar-refractivity contribution in [3.8, 4) is 0 Å². The third-order valence-corrected chi connectivity index (χ3v) is 2.31. The van der Waals surface area contributed by atoms with Crippen LogP contribution in [0.4, 0.5) is 5.82 Å². The van der Waals surface area contributed by atoms with E-state index in [0.29, 0.717) is 10.1 Å². The molecule has 0 aliphatic rings. The molecule has 0 radical (unpaired) electrons. The monoisotopic (exact) mass is 256 g/mol. The second-order valence-electron chi connectivity index (χ2n) is 2.59. The molecule has 72 valence electrons. The molecular formula is C7H5BrN4O2. The topological polar surface area (TPSA) is 93.5 Å². The summed E-state index contributed by atoms with van der Waals surface area (Å²) in [7, 11) is 0. The van der Waals surface area contributed by atoms with Crippen molar-refractivity contribution in [2.45, 2.75) is 0 Å². The zero-order valence-electron chi connectivity index (χ0n) is 6.81. The Hall–Kier alpha value is -1.63. The van der Waals surface area contributed by atoms with Crippen molar-refractivity contribution in [3.63, 3.8) is 0 Å². The zero-order valence-corrected chi connectivity index (χ0v) is 8.39. The molecule has 0 atom stereocenters. The van der Waals surface area contributed by atoms with Gasteiger partial charge in [0.1, 0.15) is 11.4 Å². The van der Waals surface area contributed by atoms with Crippen LogP contribution in [0.25, 0.3) is 5.65 Å². The van der Waals surface area contributed by atoms with Crippen molar-refractivity contribution in [2.24, 2.45) is 0 Å². The predicted octanol–water partition coefficient (Wildman–Crippen LogP) is 0.772. The Balaban J connectivity index is 2.82. The van der Waals surface area contributed by atoms with Crippen LogP contribution in [0, 0.1) is 0 Å². The Morgan fingerprint density at radius 1 is 1.57 bits per heavy atom. The Labute approximate surface area is 86.5 Å². The van der Waals surface area contributed by atoms with Crippen LogP contribution in [-0.4, -0.2) is 25.7 Å². The number of carbonyl (C=O) groups is 1. The average Bonchev–Trinajstić information content (AvgIpc) is 2.49. The van der Waals surface area contributed by atoms with Crippen molar-refractivity contribution in [3.05, 3.63) is 22.4 Å². The number of hydrogen-bond donors (Lipinski definition) is 2. The molecule has 0 unspecified atom stereocenters. The molecule has 0 spiro atoms. The average molecular weight is 257 g/mol. The van der Waals surface area contributed by atoms with Gasteiger partial charge in [0.2, 0.25) is 0 Å². The summed E-state index contributed by atoms with van der Waals surface area (Å²) < 4.78 is 1.94.